The predicted molar refractivity (Wildman–Crippen MR) is 61.3 cm³/mol. The van der Waals surface area contributed by atoms with Gasteiger partial charge in [-0.05, 0) is 13.0 Å². The van der Waals surface area contributed by atoms with E-state index in [9.17, 15) is 10.1 Å². The first-order valence-electron chi connectivity index (χ1n) is 5.26. The van der Waals surface area contributed by atoms with Crippen LogP contribution in [-0.4, -0.2) is 24.7 Å². The number of benzene rings is 1. The summed E-state index contributed by atoms with van der Waals surface area (Å²) in [6.45, 7) is 1.70. The maximum absolute atomic E-state index is 10.7. The molecule has 2 N–H and O–H groups in total. The molecule has 0 aliphatic heterocycles. The highest BCUT2D eigenvalue weighted by atomic mass is 16.6. The number of hydrogen-bond donors (Lipinski definition) is 1. The number of ether oxygens (including phenoxy) is 1. The van der Waals surface area contributed by atoms with E-state index < -0.39 is 0 Å². The van der Waals surface area contributed by atoms with Crippen molar-refractivity contribution in [2.24, 2.45) is 5.73 Å². The Hall–Kier alpha value is -1.46. The molecule has 0 bridgehead atoms. The van der Waals surface area contributed by atoms with Crippen molar-refractivity contribution in [3.05, 3.63) is 39.9 Å². The molecular weight excluding hydrogens is 208 g/mol. The Labute approximate surface area is 94.4 Å². The molecule has 0 spiro atoms. The van der Waals surface area contributed by atoms with Crippen molar-refractivity contribution < 1.29 is 9.66 Å². The Morgan fingerprint density at radius 3 is 2.75 bits per heavy atom. The number of nitrogens with two attached hydrogens (primary N) is 1. The smallest absolute Gasteiger partial charge is 0.272 e. The van der Waals surface area contributed by atoms with Gasteiger partial charge in [-0.2, -0.15) is 0 Å². The second-order valence-electron chi connectivity index (χ2n) is 3.39. The maximum atomic E-state index is 10.7. The van der Waals surface area contributed by atoms with Crippen molar-refractivity contribution in [2.45, 2.75) is 12.8 Å². The normalized spacial score (nSPS) is 10.3. The fourth-order valence-electron chi connectivity index (χ4n) is 1.37. The Balaban J connectivity index is 2.44. The molecule has 0 heterocycles. The molecule has 0 amide bonds. The van der Waals surface area contributed by atoms with Gasteiger partial charge in [0, 0.05) is 24.7 Å². The van der Waals surface area contributed by atoms with E-state index >= 15 is 0 Å². The van der Waals surface area contributed by atoms with Crippen molar-refractivity contribution in [2.75, 3.05) is 19.8 Å². The van der Waals surface area contributed by atoms with Gasteiger partial charge in [0.05, 0.1) is 11.5 Å². The van der Waals surface area contributed by atoms with Crippen molar-refractivity contribution >= 4 is 5.69 Å². The van der Waals surface area contributed by atoms with E-state index in [0.29, 0.717) is 31.7 Å². The topological polar surface area (TPSA) is 78.4 Å². The number of nitrogens with zero attached hydrogens (tertiary/aromatic N) is 1. The van der Waals surface area contributed by atoms with Gasteiger partial charge in [-0.25, -0.2) is 0 Å². The highest BCUT2D eigenvalue weighted by Crippen LogP contribution is 2.17. The van der Waals surface area contributed by atoms with Gasteiger partial charge in [-0.1, -0.05) is 18.2 Å². The summed E-state index contributed by atoms with van der Waals surface area (Å²) in [5.41, 5.74) is 6.18. The van der Waals surface area contributed by atoms with Gasteiger partial charge < -0.3 is 10.5 Å². The molecule has 1 aromatic rings. The van der Waals surface area contributed by atoms with Crippen LogP contribution in [0.25, 0.3) is 0 Å². The summed E-state index contributed by atoms with van der Waals surface area (Å²) in [5, 5.41) is 10.7. The van der Waals surface area contributed by atoms with Crippen molar-refractivity contribution in [3.8, 4) is 0 Å². The van der Waals surface area contributed by atoms with Crippen LogP contribution in [0.2, 0.25) is 0 Å². The summed E-state index contributed by atoms with van der Waals surface area (Å²) in [6.07, 6.45) is 1.37. The lowest BCUT2D eigenvalue weighted by molar-refractivity contribution is -0.385. The second-order valence-corrected chi connectivity index (χ2v) is 3.39. The Kier molecular flexibility index (Phi) is 5.45. The van der Waals surface area contributed by atoms with Crippen LogP contribution in [0.3, 0.4) is 0 Å². The standard InChI is InChI=1S/C11H16N2O3/c12-7-3-8-16-9-6-10-4-1-2-5-11(10)13(14)15/h1-2,4-5H,3,6-9,12H2. The molecule has 1 aromatic carbocycles. The quantitative estimate of drug-likeness (QED) is 0.432. The lowest BCUT2D eigenvalue weighted by Crippen LogP contribution is -2.07. The molecule has 0 atom stereocenters. The molecule has 5 nitrogen and oxygen atoms in total. The summed E-state index contributed by atoms with van der Waals surface area (Å²) >= 11 is 0. The van der Waals surface area contributed by atoms with E-state index in [1.54, 1.807) is 18.2 Å². The number of nitro benzene ring substituents is 1. The molecule has 0 radical (unpaired) electrons. The minimum Gasteiger partial charge on any atom is -0.381 e. The minimum absolute atomic E-state index is 0.157. The summed E-state index contributed by atoms with van der Waals surface area (Å²) in [6, 6.07) is 6.72. The summed E-state index contributed by atoms with van der Waals surface area (Å²) in [7, 11) is 0. The van der Waals surface area contributed by atoms with Crippen LogP contribution in [-0.2, 0) is 11.2 Å². The van der Waals surface area contributed by atoms with Gasteiger partial charge >= 0.3 is 0 Å². The summed E-state index contributed by atoms with van der Waals surface area (Å²) < 4.78 is 5.31. The van der Waals surface area contributed by atoms with Gasteiger partial charge in [0.15, 0.2) is 0 Å². The van der Waals surface area contributed by atoms with E-state index in [1.165, 1.54) is 6.07 Å². The van der Waals surface area contributed by atoms with Crippen LogP contribution < -0.4 is 5.73 Å². The van der Waals surface area contributed by atoms with E-state index in [1.807, 2.05) is 0 Å². The van der Waals surface area contributed by atoms with Gasteiger partial charge in [-0.15, -0.1) is 0 Å². The second kappa shape index (κ2) is 6.92. The Morgan fingerprint density at radius 2 is 2.06 bits per heavy atom. The zero-order valence-electron chi connectivity index (χ0n) is 9.09. The fourth-order valence-corrected chi connectivity index (χ4v) is 1.37. The van der Waals surface area contributed by atoms with Gasteiger partial charge in [0.25, 0.3) is 5.69 Å². The molecule has 16 heavy (non-hydrogen) atoms. The Morgan fingerprint density at radius 1 is 1.31 bits per heavy atom. The van der Waals surface area contributed by atoms with Crippen LogP contribution in [0.1, 0.15) is 12.0 Å². The predicted octanol–water partition coefficient (Wildman–Crippen LogP) is 1.50. The fraction of sp³-hybridized carbons (Fsp3) is 0.455. The zero-order chi connectivity index (χ0) is 11.8. The third-order valence-corrected chi connectivity index (χ3v) is 2.20. The molecule has 88 valence electrons. The molecule has 0 aliphatic rings. The molecule has 5 heteroatoms. The monoisotopic (exact) mass is 224 g/mol. The third kappa shape index (κ3) is 3.96. The van der Waals surface area contributed by atoms with Crippen LogP contribution in [0.5, 0.6) is 0 Å². The van der Waals surface area contributed by atoms with Crippen molar-refractivity contribution in [1.82, 2.24) is 0 Å². The Bertz CT molecular complexity index is 342. The van der Waals surface area contributed by atoms with Crippen LogP contribution in [0.15, 0.2) is 24.3 Å². The van der Waals surface area contributed by atoms with Crippen LogP contribution in [0.4, 0.5) is 5.69 Å². The number of hydrogen-bond acceptors (Lipinski definition) is 4. The van der Waals surface area contributed by atoms with Crippen molar-refractivity contribution in [3.63, 3.8) is 0 Å². The average Bonchev–Trinajstić information content (AvgIpc) is 2.29. The van der Waals surface area contributed by atoms with E-state index in [2.05, 4.69) is 0 Å². The minimum atomic E-state index is -0.366. The summed E-state index contributed by atoms with van der Waals surface area (Å²) in [5.74, 6) is 0. The van der Waals surface area contributed by atoms with Crippen LogP contribution in [0, 0.1) is 10.1 Å². The van der Waals surface area contributed by atoms with Gasteiger partial charge in [0.2, 0.25) is 0 Å². The van der Waals surface area contributed by atoms with Crippen molar-refractivity contribution in [1.29, 1.82) is 0 Å². The van der Waals surface area contributed by atoms with E-state index in [4.69, 9.17) is 10.5 Å². The largest absolute Gasteiger partial charge is 0.381 e. The van der Waals surface area contributed by atoms with Gasteiger partial charge in [-0.3, -0.25) is 10.1 Å². The summed E-state index contributed by atoms with van der Waals surface area (Å²) in [4.78, 5) is 10.3. The van der Waals surface area contributed by atoms with E-state index in [-0.39, 0.29) is 10.6 Å². The van der Waals surface area contributed by atoms with Gasteiger partial charge in [0.1, 0.15) is 0 Å². The zero-order valence-corrected chi connectivity index (χ0v) is 9.09. The first kappa shape index (κ1) is 12.6. The highest BCUT2D eigenvalue weighted by Gasteiger charge is 2.11. The molecule has 0 aromatic heterocycles. The average molecular weight is 224 g/mol. The first-order valence-corrected chi connectivity index (χ1v) is 5.26. The number of nitro groups is 1. The molecule has 1 rings (SSSR count). The molecule has 0 saturated carbocycles. The maximum Gasteiger partial charge on any atom is 0.272 e. The third-order valence-electron chi connectivity index (χ3n) is 2.20. The SMILES string of the molecule is NCCCOCCc1ccccc1[N+](=O)[O-]. The molecule has 0 fully saturated rings. The molecular formula is C11H16N2O3. The number of para-hydroxylation sites is 1. The van der Waals surface area contributed by atoms with E-state index in [0.717, 1.165) is 6.42 Å². The molecule has 0 aliphatic carbocycles. The van der Waals surface area contributed by atoms with Crippen LogP contribution >= 0.6 is 0 Å². The first-order chi connectivity index (χ1) is 7.75. The molecule has 0 saturated heterocycles. The molecule has 0 unspecified atom stereocenters. The number of rotatable bonds is 7. The lowest BCUT2D eigenvalue weighted by Gasteiger charge is -2.04. The lowest BCUT2D eigenvalue weighted by atomic mass is 10.1. The highest BCUT2D eigenvalue weighted by molar-refractivity contribution is 5.39.